The zero-order chi connectivity index (χ0) is 12.8. The molecule has 3 unspecified atom stereocenters. The van der Waals surface area contributed by atoms with Crippen molar-refractivity contribution in [3.63, 3.8) is 0 Å². The Labute approximate surface area is 101 Å². The summed E-state index contributed by atoms with van der Waals surface area (Å²) in [4.78, 5) is 22.4. The number of carboxylic acids is 1. The van der Waals surface area contributed by atoms with Crippen molar-refractivity contribution in [2.75, 3.05) is 20.2 Å². The molecular formula is C11H20N2O4. The van der Waals surface area contributed by atoms with Gasteiger partial charge in [0.05, 0.1) is 12.6 Å². The highest BCUT2D eigenvalue weighted by Crippen LogP contribution is 2.14. The smallest absolute Gasteiger partial charge is 0.334 e. The van der Waals surface area contributed by atoms with E-state index < -0.39 is 12.1 Å². The van der Waals surface area contributed by atoms with Gasteiger partial charge in [0, 0.05) is 7.11 Å². The fourth-order valence-corrected chi connectivity index (χ4v) is 1.90. The molecule has 0 aromatic carbocycles. The molecule has 0 saturated carbocycles. The van der Waals surface area contributed by atoms with E-state index in [0.29, 0.717) is 5.92 Å². The van der Waals surface area contributed by atoms with Crippen molar-refractivity contribution >= 4 is 11.9 Å². The van der Waals surface area contributed by atoms with Crippen LogP contribution in [-0.2, 0) is 14.3 Å². The van der Waals surface area contributed by atoms with Crippen LogP contribution in [-0.4, -0.2) is 49.3 Å². The van der Waals surface area contributed by atoms with E-state index in [9.17, 15) is 9.59 Å². The Morgan fingerprint density at radius 3 is 2.82 bits per heavy atom. The lowest BCUT2D eigenvalue weighted by molar-refractivity contribution is -0.148. The first kappa shape index (κ1) is 13.9. The molecule has 1 amide bonds. The van der Waals surface area contributed by atoms with Gasteiger partial charge in [0.2, 0.25) is 5.91 Å². The van der Waals surface area contributed by atoms with Crippen LogP contribution in [0, 0.1) is 5.92 Å². The number of hydrogen-bond acceptors (Lipinski definition) is 4. The molecule has 0 bridgehead atoms. The maximum absolute atomic E-state index is 11.8. The molecule has 17 heavy (non-hydrogen) atoms. The van der Waals surface area contributed by atoms with Gasteiger partial charge in [-0.1, -0.05) is 6.92 Å². The Morgan fingerprint density at radius 2 is 2.29 bits per heavy atom. The summed E-state index contributed by atoms with van der Waals surface area (Å²) in [7, 11) is 1.31. The Hall–Kier alpha value is -1.14. The van der Waals surface area contributed by atoms with Gasteiger partial charge in [-0.05, 0) is 25.3 Å². The number of carbonyl (C=O) groups excluding carboxylic acids is 1. The molecule has 0 aromatic rings. The molecule has 3 atom stereocenters. The van der Waals surface area contributed by atoms with E-state index in [1.807, 2.05) is 0 Å². The predicted octanol–water partition coefficient (Wildman–Crippen LogP) is -0.410. The number of ether oxygens (including phenoxy) is 1. The monoisotopic (exact) mass is 244 g/mol. The zero-order valence-electron chi connectivity index (χ0n) is 10.2. The zero-order valence-corrected chi connectivity index (χ0v) is 10.2. The molecule has 1 saturated heterocycles. The fraction of sp³-hybridized carbons (Fsp3) is 0.818. The molecule has 0 spiro atoms. The van der Waals surface area contributed by atoms with E-state index in [-0.39, 0.29) is 18.5 Å². The summed E-state index contributed by atoms with van der Waals surface area (Å²) < 4.78 is 4.74. The van der Waals surface area contributed by atoms with Gasteiger partial charge < -0.3 is 20.5 Å². The average Bonchev–Trinajstić information content (AvgIpc) is 2.29. The van der Waals surface area contributed by atoms with Gasteiger partial charge >= 0.3 is 5.97 Å². The van der Waals surface area contributed by atoms with E-state index in [4.69, 9.17) is 9.84 Å². The van der Waals surface area contributed by atoms with Crippen LogP contribution < -0.4 is 10.6 Å². The predicted molar refractivity (Wildman–Crippen MR) is 61.6 cm³/mol. The van der Waals surface area contributed by atoms with Gasteiger partial charge in [0.1, 0.15) is 0 Å². The third-order valence-electron chi connectivity index (χ3n) is 3.00. The summed E-state index contributed by atoms with van der Waals surface area (Å²) >= 11 is 0. The van der Waals surface area contributed by atoms with E-state index in [1.165, 1.54) is 7.11 Å². The number of amides is 1. The van der Waals surface area contributed by atoms with Crippen LogP contribution in [0.1, 0.15) is 19.8 Å². The highest BCUT2D eigenvalue weighted by molar-refractivity contribution is 5.82. The number of aliphatic carboxylic acids is 1. The molecule has 6 nitrogen and oxygen atoms in total. The molecule has 98 valence electrons. The van der Waals surface area contributed by atoms with E-state index in [0.717, 1.165) is 19.4 Å². The Morgan fingerprint density at radius 1 is 1.59 bits per heavy atom. The van der Waals surface area contributed by atoms with Crippen molar-refractivity contribution in [2.45, 2.75) is 31.9 Å². The van der Waals surface area contributed by atoms with Gasteiger partial charge in [-0.3, -0.25) is 4.79 Å². The summed E-state index contributed by atoms with van der Waals surface area (Å²) in [6.45, 7) is 2.93. The Kier molecular flexibility index (Phi) is 5.37. The second kappa shape index (κ2) is 6.56. The number of nitrogens with one attached hydrogen (secondary N) is 2. The van der Waals surface area contributed by atoms with Crippen LogP contribution in [0.3, 0.4) is 0 Å². The van der Waals surface area contributed by atoms with E-state index in [1.54, 1.807) is 0 Å². The van der Waals surface area contributed by atoms with E-state index >= 15 is 0 Å². The van der Waals surface area contributed by atoms with Crippen molar-refractivity contribution < 1.29 is 19.4 Å². The first-order chi connectivity index (χ1) is 8.04. The van der Waals surface area contributed by atoms with E-state index in [2.05, 4.69) is 17.6 Å². The number of carbonyl (C=O) groups is 2. The average molecular weight is 244 g/mol. The van der Waals surface area contributed by atoms with Crippen molar-refractivity contribution in [1.82, 2.24) is 10.6 Å². The molecule has 1 heterocycles. The van der Waals surface area contributed by atoms with Crippen molar-refractivity contribution in [1.29, 1.82) is 0 Å². The third kappa shape index (κ3) is 4.32. The first-order valence-electron chi connectivity index (χ1n) is 5.81. The SMILES string of the molecule is COC(CNC(=O)C1CC(C)CCN1)C(=O)O. The summed E-state index contributed by atoms with van der Waals surface area (Å²) in [5, 5.41) is 14.5. The normalized spacial score (nSPS) is 26.2. The number of hydrogen-bond donors (Lipinski definition) is 3. The lowest BCUT2D eigenvalue weighted by atomic mass is 9.94. The van der Waals surface area contributed by atoms with Crippen LogP contribution in [0.15, 0.2) is 0 Å². The molecule has 0 aliphatic carbocycles. The minimum absolute atomic E-state index is 0.00275. The number of rotatable bonds is 5. The highest BCUT2D eigenvalue weighted by atomic mass is 16.5. The maximum atomic E-state index is 11.8. The van der Waals surface area contributed by atoms with Gasteiger partial charge in [0.25, 0.3) is 0 Å². The van der Waals surface area contributed by atoms with Crippen LogP contribution in [0.4, 0.5) is 0 Å². The lowest BCUT2D eigenvalue weighted by Gasteiger charge is -2.27. The van der Waals surface area contributed by atoms with Crippen molar-refractivity contribution in [3.8, 4) is 0 Å². The Balaban J connectivity index is 2.35. The third-order valence-corrected chi connectivity index (χ3v) is 3.00. The summed E-state index contributed by atoms with van der Waals surface area (Å²) in [6, 6.07) is -0.218. The van der Waals surface area contributed by atoms with Crippen LogP contribution in [0.25, 0.3) is 0 Å². The number of piperidine rings is 1. The molecule has 0 aromatic heterocycles. The topological polar surface area (TPSA) is 87.7 Å². The van der Waals surface area contributed by atoms with Gasteiger partial charge in [0.15, 0.2) is 6.10 Å². The summed E-state index contributed by atoms with van der Waals surface area (Å²) in [5.74, 6) is -0.706. The molecule has 3 N–H and O–H groups in total. The van der Waals surface area contributed by atoms with Crippen LogP contribution in [0.2, 0.25) is 0 Å². The van der Waals surface area contributed by atoms with Crippen molar-refractivity contribution in [3.05, 3.63) is 0 Å². The molecule has 0 radical (unpaired) electrons. The highest BCUT2D eigenvalue weighted by Gasteiger charge is 2.25. The molecule has 1 rings (SSSR count). The fourth-order valence-electron chi connectivity index (χ4n) is 1.90. The molecule has 1 aliphatic heterocycles. The second-order valence-electron chi connectivity index (χ2n) is 4.44. The molecule has 1 fully saturated rings. The number of methoxy groups -OCH3 is 1. The van der Waals surface area contributed by atoms with Gasteiger partial charge in [-0.15, -0.1) is 0 Å². The first-order valence-corrected chi connectivity index (χ1v) is 5.81. The second-order valence-corrected chi connectivity index (χ2v) is 4.44. The summed E-state index contributed by atoms with van der Waals surface area (Å²) in [6.07, 6.45) is 0.871. The largest absolute Gasteiger partial charge is 0.479 e. The minimum atomic E-state index is -1.07. The maximum Gasteiger partial charge on any atom is 0.334 e. The standard InChI is InChI=1S/C11H20N2O4/c1-7-3-4-12-8(5-7)10(14)13-6-9(17-2)11(15)16/h7-9,12H,3-6H2,1-2H3,(H,13,14)(H,15,16). The van der Waals surface area contributed by atoms with Crippen LogP contribution >= 0.6 is 0 Å². The number of carboxylic acid groups (broad SMARTS) is 1. The summed E-state index contributed by atoms with van der Waals surface area (Å²) in [5.41, 5.74) is 0. The molecule has 1 aliphatic rings. The van der Waals surface area contributed by atoms with Gasteiger partial charge in [-0.25, -0.2) is 4.79 Å². The Bertz CT molecular complexity index is 283. The quantitative estimate of drug-likeness (QED) is 0.612. The van der Waals surface area contributed by atoms with Crippen LogP contribution in [0.5, 0.6) is 0 Å². The molecular weight excluding hydrogens is 224 g/mol. The van der Waals surface area contributed by atoms with Gasteiger partial charge in [-0.2, -0.15) is 0 Å². The molecule has 6 heteroatoms. The lowest BCUT2D eigenvalue weighted by Crippen LogP contribution is -2.50. The minimum Gasteiger partial charge on any atom is -0.479 e. The van der Waals surface area contributed by atoms with Crippen molar-refractivity contribution in [2.24, 2.45) is 5.92 Å².